The molecule has 3 rings (SSSR count). The normalized spacial score (nSPS) is 16.9. The Morgan fingerprint density at radius 1 is 1.13 bits per heavy atom. The summed E-state index contributed by atoms with van der Waals surface area (Å²) in [4.78, 5) is 11.1. The lowest BCUT2D eigenvalue weighted by atomic mass is 10.1. The highest BCUT2D eigenvalue weighted by Gasteiger charge is 2.33. The highest BCUT2D eigenvalue weighted by molar-refractivity contribution is 9.10. The third kappa shape index (κ3) is 6.12. The van der Waals surface area contributed by atoms with Crippen molar-refractivity contribution in [2.75, 3.05) is 18.8 Å². The van der Waals surface area contributed by atoms with Gasteiger partial charge >= 0.3 is 0 Å². The van der Waals surface area contributed by atoms with Crippen molar-refractivity contribution in [3.63, 3.8) is 0 Å². The SMILES string of the molecule is O=CN(O)C(CS(=O)(=O)N1CCC(OCc2ccc(Br)cc2)CC1)c1ccccc1. The summed E-state index contributed by atoms with van der Waals surface area (Å²) in [5.41, 5.74) is 1.62. The van der Waals surface area contributed by atoms with E-state index in [-0.39, 0.29) is 18.3 Å². The van der Waals surface area contributed by atoms with Gasteiger partial charge in [0.05, 0.1) is 24.5 Å². The topological polar surface area (TPSA) is 87.2 Å². The fraction of sp³-hybridized carbons (Fsp3) is 0.381. The fourth-order valence-electron chi connectivity index (χ4n) is 3.45. The van der Waals surface area contributed by atoms with Crippen LogP contribution in [0.5, 0.6) is 0 Å². The van der Waals surface area contributed by atoms with Crippen LogP contribution >= 0.6 is 15.9 Å². The van der Waals surface area contributed by atoms with E-state index in [9.17, 15) is 18.4 Å². The quantitative estimate of drug-likeness (QED) is 0.326. The number of hydrogen-bond acceptors (Lipinski definition) is 5. The second kappa shape index (κ2) is 10.5. The molecule has 1 saturated heterocycles. The molecular formula is C21H25BrN2O5S. The number of nitrogens with zero attached hydrogens (tertiary/aromatic N) is 2. The Labute approximate surface area is 185 Å². The zero-order valence-corrected chi connectivity index (χ0v) is 18.8. The summed E-state index contributed by atoms with van der Waals surface area (Å²) >= 11 is 3.40. The van der Waals surface area contributed by atoms with Gasteiger partial charge in [-0.25, -0.2) is 17.8 Å². The zero-order chi connectivity index (χ0) is 21.6. The van der Waals surface area contributed by atoms with Gasteiger partial charge in [0, 0.05) is 17.6 Å². The summed E-state index contributed by atoms with van der Waals surface area (Å²) in [6, 6.07) is 15.6. The van der Waals surface area contributed by atoms with E-state index in [4.69, 9.17) is 4.74 Å². The second-order valence-electron chi connectivity index (χ2n) is 7.23. The number of sulfonamides is 1. The summed E-state index contributed by atoms with van der Waals surface area (Å²) in [5, 5.41) is 10.3. The zero-order valence-electron chi connectivity index (χ0n) is 16.4. The van der Waals surface area contributed by atoms with E-state index >= 15 is 0 Å². The number of hydrogen-bond donors (Lipinski definition) is 1. The highest BCUT2D eigenvalue weighted by atomic mass is 79.9. The molecule has 162 valence electrons. The summed E-state index contributed by atoms with van der Waals surface area (Å²) in [7, 11) is -3.67. The van der Waals surface area contributed by atoms with E-state index in [2.05, 4.69) is 15.9 Å². The molecule has 1 atom stereocenters. The lowest BCUT2D eigenvalue weighted by Gasteiger charge is -2.33. The Morgan fingerprint density at radius 3 is 2.37 bits per heavy atom. The van der Waals surface area contributed by atoms with Crippen LogP contribution < -0.4 is 0 Å². The van der Waals surface area contributed by atoms with Crippen LogP contribution in [-0.2, 0) is 26.2 Å². The van der Waals surface area contributed by atoms with Gasteiger partial charge in [0.15, 0.2) is 0 Å². The predicted molar refractivity (Wildman–Crippen MR) is 116 cm³/mol. The average molecular weight is 497 g/mol. The van der Waals surface area contributed by atoms with E-state index < -0.39 is 16.1 Å². The van der Waals surface area contributed by atoms with Crippen LogP contribution in [0.1, 0.15) is 30.0 Å². The second-order valence-corrected chi connectivity index (χ2v) is 10.2. The summed E-state index contributed by atoms with van der Waals surface area (Å²) in [6.45, 7) is 1.18. The molecule has 0 aliphatic carbocycles. The van der Waals surface area contributed by atoms with Gasteiger partial charge in [-0.3, -0.25) is 10.0 Å². The minimum Gasteiger partial charge on any atom is -0.373 e. The number of carbonyl (C=O) groups is 1. The third-order valence-corrected chi connectivity index (χ3v) is 7.59. The number of amides is 1. The molecule has 0 saturated carbocycles. The first-order valence-corrected chi connectivity index (χ1v) is 12.1. The van der Waals surface area contributed by atoms with Gasteiger partial charge in [0.2, 0.25) is 16.4 Å². The minimum atomic E-state index is -3.67. The van der Waals surface area contributed by atoms with Crippen LogP contribution in [0.4, 0.5) is 0 Å². The maximum absolute atomic E-state index is 12.9. The van der Waals surface area contributed by atoms with Crippen LogP contribution in [0.15, 0.2) is 59.1 Å². The van der Waals surface area contributed by atoms with E-state index in [1.165, 1.54) is 4.31 Å². The molecular weight excluding hydrogens is 472 g/mol. The Balaban J connectivity index is 1.56. The van der Waals surface area contributed by atoms with Crippen molar-refractivity contribution in [3.05, 3.63) is 70.2 Å². The molecule has 7 nitrogen and oxygen atoms in total. The molecule has 30 heavy (non-hydrogen) atoms. The molecule has 0 spiro atoms. The maximum Gasteiger partial charge on any atom is 0.233 e. The summed E-state index contributed by atoms with van der Waals surface area (Å²) < 4.78 is 34.2. The number of hydroxylamine groups is 2. The summed E-state index contributed by atoms with van der Waals surface area (Å²) in [5.74, 6) is -0.378. The number of benzene rings is 2. The van der Waals surface area contributed by atoms with E-state index in [1.807, 2.05) is 24.3 Å². The number of ether oxygens (including phenoxy) is 1. The molecule has 1 N–H and O–H groups in total. The van der Waals surface area contributed by atoms with Gasteiger partial charge in [-0.1, -0.05) is 58.4 Å². The van der Waals surface area contributed by atoms with Crippen molar-refractivity contribution >= 4 is 32.4 Å². The predicted octanol–water partition coefficient (Wildman–Crippen LogP) is 3.35. The standard InChI is InChI=1S/C21H25BrN2O5S/c22-19-8-6-17(7-9-19)14-29-20-10-12-23(13-11-20)30(27,28)15-21(24(26)16-25)18-4-2-1-3-5-18/h1-9,16,20-21,26H,10-15H2. The molecule has 2 aromatic rings. The summed E-state index contributed by atoms with van der Waals surface area (Å²) in [6.07, 6.45) is 1.43. The van der Waals surface area contributed by atoms with Crippen molar-refractivity contribution in [2.45, 2.75) is 31.6 Å². The number of rotatable bonds is 9. The van der Waals surface area contributed by atoms with E-state index in [1.54, 1.807) is 30.3 Å². The van der Waals surface area contributed by atoms with Gasteiger partial charge in [-0.05, 0) is 36.1 Å². The Kier molecular flexibility index (Phi) is 8.01. The molecule has 1 amide bonds. The van der Waals surface area contributed by atoms with Crippen LogP contribution in [-0.4, -0.2) is 54.3 Å². The highest BCUT2D eigenvalue weighted by Crippen LogP contribution is 2.24. The van der Waals surface area contributed by atoms with E-state index in [0.717, 1.165) is 10.0 Å². The molecule has 9 heteroatoms. The van der Waals surface area contributed by atoms with Crippen LogP contribution in [0.3, 0.4) is 0 Å². The molecule has 0 radical (unpaired) electrons. The van der Waals surface area contributed by atoms with Crippen molar-refractivity contribution in [3.8, 4) is 0 Å². The van der Waals surface area contributed by atoms with Crippen molar-refractivity contribution in [1.29, 1.82) is 0 Å². The van der Waals surface area contributed by atoms with Crippen LogP contribution in [0.25, 0.3) is 0 Å². The average Bonchev–Trinajstić information content (AvgIpc) is 2.77. The fourth-order valence-corrected chi connectivity index (χ4v) is 5.44. The lowest BCUT2D eigenvalue weighted by molar-refractivity contribution is -0.159. The van der Waals surface area contributed by atoms with Gasteiger partial charge in [0.1, 0.15) is 0 Å². The molecule has 1 fully saturated rings. The van der Waals surface area contributed by atoms with Crippen LogP contribution in [0.2, 0.25) is 0 Å². The lowest BCUT2D eigenvalue weighted by Crippen LogP contribution is -2.44. The number of halogens is 1. The van der Waals surface area contributed by atoms with Crippen LogP contribution in [0, 0.1) is 0 Å². The molecule has 1 unspecified atom stereocenters. The number of carbonyl (C=O) groups excluding carboxylic acids is 1. The molecule has 2 aromatic carbocycles. The molecule has 1 heterocycles. The van der Waals surface area contributed by atoms with E-state index in [0.29, 0.717) is 43.2 Å². The molecule has 0 bridgehead atoms. The van der Waals surface area contributed by atoms with Gasteiger partial charge in [0.25, 0.3) is 0 Å². The maximum atomic E-state index is 12.9. The molecule has 0 aromatic heterocycles. The van der Waals surface area contributed by atoms with Gasteiger partial charge in [-0.2, -0.15) is 0 Å². The first-order chi connectivity index (χ1) is 14.4. The van der Waals surface area contributed by atoms with Crippen molar-refractivity contribution < 1.29 is 23.2 Å². The first-order valence-electron chi connectivity index (χ1n) is 9.70. The first kappa shape index (κ1) is 22.9. The minimum absolute atomic E-state index is 0.00525. The smallest absolute Gasteiger partial charge is 0.233 e. The largest absolute Gasteiger partial charge is 0.373 e. The molecule has 1 aliphatic rings. The number of piperidine rings is 1. The Morgan fingerprint density at radius 2 is 1.77 bits per heavy atom. The monoisotopic (exact) mass is 496 g/mol. The third-order valence-electron chi connectivity index (χ3n) is 5.17. The van der Waals surface area contributed by atoms with Gasteiger partial charge < -0.3 is 4.74 Å². The van der Waals surface area contributed by atoms with Crippen molar-refractivity contribution in [1.82, 2.24) is 9.37 Å². The molecule has 1 aliphatic heterocycles. The Bertz CT molecular complexity index is 916. The van der Waals surface area contributed by atoms with Gasteiger partial charge in [-0.15, -0.1) is 0 Å². The Hall–Kier alpha value is -1.78. The van der Waals surface area contributed by atoms with Crippen molar-refractivity contribution in [2.24, 2.45) is 0 Å².